The Labute approximate surface area is 118 Å². The summed E-state index contributed by atoms with van der Waals surface area (Å²) in [5, 5.41) is 14.5. The second-order valence-electron chi connectivity index (χ2n) is 3.89. The molecule has 1 rings (SSSR count). The molecule has 0 fully saturated rings. The highest BCUT2D eigenvalue weighted by Crippen LogP contribution is 2.22. The van der Waals surface area contributed by atoms with E-state index in [0.29, 0.717) is 11.6 Å². The lowest BCUT2D eigenvalue weighted by atomic mass is 10.1. The van der Waals surface area contributed by atoms with E-state index in [0.717, 1.165) is 5.33 Å². The van der Waals surface area contributed by atoms with Crippen molar-refractivity contribution in [1.82, 2.24) is 5.32 Å². The van der Waals surface area contributed by atoms with Gasteiger partial charge >= 0.3 is 0 Å². The fraction of sp³-hybridized carbons (Fsp3) is 0.364. The number of benzene rings is 1. The van der Waals surface area contributed by atoms with Crippen molar-refractivity contribution in [2.75, 3.05) is 11.9 Å². The van der Waals surface area contributed by atoms with Crippen LogP contribution in [0, 0.1) is 16.0 Å². The molecule has 0 spiro atoms. The summed E-state index contributed by atoms with van der Waals surface area (Å²) in [6, 6.07) is 3.91. The first-order valence-corrected chi connectivity index (χ1v) is 6.73. The summed E-state index contributed by atoms with van der Waals surface area (Å²) in [5.74, 6) is -0.246. The minimum Gasteiger partial charge on any atom is -0.352 e. The number of hydrogen-bond donors (Lipinski definition) is 1. The minimum atomic E-state index is -0.598. The zero-order valence-electron chi connectivity index (χ0n) is 9.65. The van der Waals surface area contributed by atoms with Crippen LogP contribution in [0.3, 0.4) is 0 Å². The molecular weight excluding hydrogens is 323 g/mol. The number of alkyl halides is 1. The molecule has 1 unspecified atom stereocenters. The highest BCUT2D eigenvalue weighted by molar-refractivity contribution is 9.09. The molecule has 0 saturated carbocycles. The first kappa shape index (κ1) is 14.9. The number of nitro groups is 1. The van der Waals surface area contributed by atoms with Crippen molar-refractivity contribution < 1.29 is 9.72 Å². The zero-order valence-corrected chi connectivity index (χ0v) is 12.0. The Kier molecular flexibility index (Phi) is 5.55. The van der Waals surface area contributed by atoms with Gasteiger partial charge in [0.05, 0.1) is 4.92 Å². The largest absolute Gasteiger partial charge is 0.352 e. The van der Waals surface area contributed by atoms with Crippen LogP contribution in [0.1, 0.15) is 17.3 Å². The van der Waals surface area contributed by atoms with Gasteiger partial charge in [0, 0.05) is 23.0 Å². The third kappa shape index (κ3) is 3.96. The molecule has 0 aliphatic carbocycles. The molecule has 7 heteroatoms. The van der Waals surface area contributed by atoms with Crippen LogP contribution >= 0.6 is 27.5 Å². The van der Waals surface area contributed by atoms with Crippen LogP contribution in [0.5, 0.6) is 0 Å². The molecule has 0 aliphatic heterocycles. The molecule has 18 heavy (non-hydrogen) atoms. The molecule has 0 bridgehead atoms. The van der Waals surface area contributed by atoms with E-state index in [2.05, 4.69) is 21.2 Å². The topological polar surface area (TPSA) is 72.2 Å². The van der Waals surface area contributed by atoms with Crippen LogP contribution in [-0.4, -0.2) is 22.7 Å². The second-order valence-corrected chi connectivity index (χ2v) is 4.97. The molecule has 0 aliphatic rings. The predicted molar refractivity (Wildman–Crippen MR) is 73.4 cm³/mol. The van der Waals surface area contributed by atoms with Crippen molar-refractivity contribution >= 4 is 39.1 Å². The summed E-state index contributed by atoms with van der Waals surface area (Å²) in [4.78, 5) is 22.1. The van der Waals surface area contributed by atoms with Gasteiger partial charge in [-0.1, -0.05) is 34.5 Å². The standard InChI is InChI=1S/C11H12BrClN2O3/c1-7(5-12)6-14-11(16)9-4-8(13)2-3-10(9)15(17)18/h2-4,7H,5-6H2,1H3,(H,14,16). The van der Waals surface area contributed by atoms with Crippen molar-refractivity contribution in [3.63, 3.8) is 0 Å². The van der Waals surface area contributed by atoms with E-state index in [-0.39, 0.29) is 17.2 Å². The predicted octanol–water partition coefficient (Wildman–Crippen LogP) is 3.01. The summed E-state index contributed by atoms with van der Waals surface area (Å²) < 4.78 is 0. The number of carbonyl (C=O) groups excluding carboxylic acids is 1. The van der Waals surface area contributed by atoms with Gasteiger partial charge in [-0.3, -0.25) is 14.9 Å². The minimum absolute atomic E-state index is 0.0192. The van der Waals surface area contributed by atoms with Crippen molar-refractivity contribution in [3.8, 4) is 0 Å². The number of carbonyl (C=O) groups is 1. The normalized spacial score (nSPS) is 11.9. The number of hydrogen-bond acceptors (Lipinski definition) is 3. The summed E-state index contributed by atoms with van der Waals surface area (Å²) in [6.45, 7) is 2.38. The number of amides is 1. The van der Waals surface area contributed by atoms with Gasteiger partial charge in [-0.05, 0) is 18.1 Å². The Hall–Kier alpha value is -1.14. The Morgan fingerprint density at radius 3 is 2.83 bits per heavy atom. The smallest absolute Gasteiger partial charge is 0.282 e. The van der Waals surface area contributed by atoms with E-state index in [4.69, 9.17) is 11.6 Å². The fourth-order valence-corrected chi connectivity index (χ4v) is 1.67. The summed E-state index contributed by atoms with van der Waals surface area (Å²) in [6.07, 6.45) is 0. The van der Waals surface area contributed by atoms with E-state index < -0.39 is 10.8 Å². The van der Waals surface area contributed by atoms with E-state index in [1.54, 1.807) is 0 Å². The molecule has 1 N–H and O–H groups in total. The lowest BCUT2D eigenvalue weighted by molar-refractivity contribution is -0.385. The lowest BCUT2D eigenvalue weighted by Crippen LogP contribution is -2.29. The SMILES string of the molecule is CC(CBr)CNC(=O)c1cc(Cl)ccc1[N+](=O)[O-]. The number of rotatable bonds is 5. The molecule has 1 aromatic rings. The molecular formula is C11H12BrClN2O3. The molecule has 5 nitrogen and oxygen atoms in total. The van der Waals surface area contributed by atoms with Crippen molar-refractivity contribution in [3.05, 3.63) is 38.9 Å². The van der Waals surface area contributed by atoms with Gasteiger partial charge in [-0.15, -0.1) is 0 Å². The molecule has 98 valence electrons. The molecule has 1 atom stereocenters. The van der Waals surface area contributed by atoms with Gasteiger partial charge in [0.1, 0.15) is 5.56 Å². The maximum Gasteiger partial charge on any atom is 0.282 e. The molecule has 0 saturated heterocycles. The van der Waals surface area contributed by atoms with Crippen molar-refractivity contribution in [2.45, 2.75) is 6.92 Å². The van der Waals surface area contributed by atoms with Gasteiger partial charge in [-0.2, -0.15) is 0 Å². The Morgan fingerprint density at radius 1 is 1.61 bits per heavy atom. The van der Waals surface area contributed by atoms with Crippen LogP contribution in [-0.2, 0) is 0 Å². The van der Waals surface area contributed by atoms with Crippen LogP contribution in [0.25, 0.3) is 0 Å². The first-order valence-electron chi connectivity index (χ1n) is 5.23. The number of nitrogens with zero attached hydrogens (tertiary/aromatic N) is 1. The third-order valence-corrected chi connectivity index (χ3v) is 3.61. The van der Waals surface area contributed by atoms with Crippen molar-refractivity contribution in [2.24, 2.45) is 5.92 Å². The molecule has 0 aromatic heterocycles. The lowest BCUT2D eigenvalue weighted by Gasteiger charge is -2.09. The first-order chi connectivity index (χ1) is 8.45. The molecule has 1 amide bonds. The van der Waals surface area contributed by atoms with E-state index in [9.17, 15) is 14.9 Å². The highest BCUT2D eigenvalue weighted by Gasteiger charge is 2.20. The van der Waals surface area contributed by atoms with Crippen LogP contribution in [0.2, 0.25) is 5.02 Å². The maximum absolute atomic E-state index is 11.9. The summed E-state index contributed by atoms with van der Waals surface area (Å²) in [5.41, 5.74) is -0.266. The highest BCUT2D eigenvalue weighted by atomic mass is 79.9. The van der Waals surface area contributed by atoms with Gasteiger partial charge in [-0.25, -0.2) is 0 Å². The van der Waals surface area contributed by atoms with E-state index in [1.807, 2.05) is 6.92 Å². The monoisotopic (exact) mass is 334 g/mol. The van der Waals surface area contributed by atoms with Gasteiger partial charge in [0.25, 0.3) is 11.6 Å². The average Bonchev–Trinajstić information content (AvgIpc) is 2.34. The fourth-order valence-electron chi connectivity index (χ4n) is 1.27. The molecule has 0 heterocycles. The van der Waals surface area contributed by atoms with Crippen LogP contribution in [0.4, 0.5) is 5.69 Å². The third-order valence-electron chi connectivity index (χ3n) is 2.27. The van der Waals surface area contributed by atoms with E-state index in [1.165, 1.54) is 18.2 Å². The zero-order chi connectivity index (χ0) is 13.7. The Morgan fingerprint density at radius 2 is 2.28 bits per heavy atom. The van der Waals surface area contributed by atoms with Gasteiger partial charge in [0.2, 0.25) is 0 Å². The number of nitro benzene ring substituents is 1. The quantitative estimate of drug-likeness (QED) is 0.511. The average molecular weight is 336 g/mol. The Balaban J connectivity index is 2.90. The summed E-state index contributed by atoms with van der Waals surface area (Å²) in [7, 11) is 0. The Bertz CT molecular complexity index is 468. The number of halogens is 2. The van der Waals surface area contributed by atoms with Gasteiger partial charge in [0.15, 0.2) is 0 Å². The molecule has 0 radical (unpaired) electrons. The van der Waals surface area contributed by atoms with Crippen LogP contribution in [0.15, 0.2) is 18.2 Å². The molecule has 1 aromatic carbocycles. The maximum atomic E-state index is 11.9. The second kappa shape index (κ2) is 6.70. The van der Waals surface area contributed by atoms with Crippen LogP contribution < -0.4 is 5.32 Å². The summed E-state index contributed by atoms with van der Waals surface area (Å²) >= 11 is 9.04. The van der Waals surface area contributed by atoms with Crippen molar-refractivity contribution in [1.29, 1.82) is 0 Å². The van der Waals surface area contributed by atoms with E-state index >= 15 is 0 Å². The van der Waals surface area contributed by atoms with Gasteiger partial charge < -0.3 is 5.32 Å². The number of nitrogens with one attached hydrogen (secondary N) is 1.